The van der Waals surface area contributed by atoms with E-state index >= 15 is 0 Å². The van der Waals surface area contributed by atoms with E-state index in [1.807, 2.05) is 0 Å². The zero-order chi connectivity index (χ0) is 14.7. The van der Waals surface area contributed by atoms with Crippen LogP contribution in [0.15, 0.2) is 33.2 Å². The van der Waals surface area contributed by atoms with E-state index in [0.717, 1.165) is 4.47 Å². The average molecular weight is 375 g/mol. The van der Waals surface area contributed by atoms with Crippen molar-refractivity contribution >= 4 is 55.6 Å². The molecule has 20 heavy (non-hydrogen) atoms. The van der Waals surface area contributed by atoms with Gasteiger partial charge in [0.15, 0.2) is 5.13 Å². The van der Waals surface area contributed by atoms with E-state index in [1.54, 1.807) is 30.5 Å². The largest absolute Gasteiger partial charge is 0.411 e. The number of anilines is 1. The minimum Gasteiger partial charge on any atom is -0.411 e. The number of hydrogen-bond donors (Lipinski definition) is 2. The summed E-state index contributed by atoms with van der Waals surface area (Å²) in [5.41, 5.74) is 1.24. The average Bonchev–Trinajstić information content (AvgIpc) is 2.89. The Morgan fingerprint density at radius 1 is 1.55 bits per heavy atom. The zero-order valence-electron chi connectivity index (χ0n) is 10.2. The van der Waals surface area contributed by atoms with E-state index in [9.17, 15) is 4.79 Å². The van der Waals surface area contributed by atoms with Crippen LogP contribution in [0.4, 0.5) is 5.13 Å². The normalized spacial score (nSPS) is 11.4. The van der Waals surface area contributed by atoms with Crippen LogP contribution in [0.1, 0.15) is 23.0 Å². The van der Waals surface area contributed by atoms with Gasteiger partial charge in [0, 0.05) is 9.85 Å². The molecule has 0 atom stereocenters. The molecule has 0 unspecified atom stereocenters. The van der Waals surface area contributed by atoms with Gasteiger partial charge in [0.1, 0.15) is 11.4 Å². The second-order valence-electron chi connectivity index (χ2n) is 3.80. The highest BCUT2D eigenvalue weighted by atomic mass is 79.9. The fourth-order valence-corrected chi connectivity index (χ4v) is 2.70. The smallest absolute Gasteiger partial charge is 0.258 e. The molecule has 0 spiro atoms. The Bertz CT molecular complexity index is 687. The standard InChI is InChI=1S/C12H9BrClN3O2S/c1-6(17-19)10-5-20-12(15-10)16-11(18)8-4-7(13)2-3-9(8)14/h2-5,19H,1H3,(H,15,16,18). The number of nitrogens with one attached hydrogen (secondary N) is 1. The Labute approximate surface area is 132 Å². The van der Waals surface area contributed by atoms with Crippen molar-refractivity contribution in [3.05, 3.63) is 44.3 Å². The van der Waals surface area contributed by atoms with Gasteiger partial charge >= 0.3 is 0 Å². The fraction of sp³-hybridized carbons (Fsp3) is 0.0833. The van der Waals surface area contributed by atoms with Crippen molar-refractivity contribution in [2.24, 2.45) is 5.16 Å². The monoisotopic (exact) mass is 373 g/mol. The topological polar surface area (TPSA) is 74.6 Å². The van der Waals surface area contributed by atoms with Gasteiger partial charge in [-0.15, -0.1) is 11.3 Å². The van der Waals surface area contributed by atoms with Gasteiger partial charge in [-0.25, -0.2) is 4.98 Å². The van der Waals surface area contributed by atoms with Crippen LogP contribution in [0, 0.1) is 0 Å². The van der Waals surface area contributed by atoms with Crippen LogP contribution in [0.25, 0.3) is 0 Å². The number of aromatic nitrogens is 1. The number of halogens is 2. The second kappa shape index (κ2) is 6.34. The minimum absolute atomic E-state index is 0.351. The molecule has 0 aliphatic rings. The van der Waals surface area contributed by atoms with Crippen molar-refractivity contribution in [1.82, 2.24) is 4.98 Å². The molecule has 1 heterocycles. The van der Waals surface area contributed by atoms with E-state index in [4.69, 9.17) is 16.8 Å². The SMILES string of the molecule is CC(=NO)c1csc(NC(=O)c2cc(Br)ccc2Cl)n1. The predicted molar refractivity (Wildman–Crippen MR) is 83.2 cm³/mol. The van der Waals surface area contributed by atoms with Crippen molar-refractivity contribution in [1.29, 1.82) is 0 Å². The number of rotatable bonds is 3. The van der Waals surface area contributed by atoms with Crippen LogP contribution < -0.4 is 5.32 Å². The number of carbonyl (C=O) groups excluding carboxylic acids is 1. The van der Waals surface area contributed by atoms with Gasteiger partial charge < -0.3 is 5.21 Å². The van der Waals surface area contributed by atoms with Crippen LogP contribution in [0.2, 0.25) is 5.02 Å². The third-order valence-electron chi connectivity index (χ3n) is 2.42. The van der Waals surface area contributed by atoms with Crippen molar-refractivity contribution in [3.8, 4) is 0 Å². The van der Waals surface area contributed by atoms with Gasteiger partial charge in [-0.2, -0.15) is 0 Å². The molecule has 1 aromatic heterocycles. The van der Waals surface area contributed by atoms with Gasteiger partial charge in [-0.05, 0) is 25.1 Å². The molecular formula is C12H9BrClN3O2S. The Hall–Kier alpha value is -1.44. The third kappa shape index (κ3) is 3.36. The minimum atomic E-state index is -0.351. The summed E-state index contributed by atoms with van der Waals surface area (Å²) >= 11 is 10.5. The highest BCUT2D eigenvalue weighted by Crippen LogP contribution is 2.23. The van der Waals surface area contributed by atoms with Crippen LogP contribution in [-0.4, -0.2) is 21.8 Å². The molecule has 2 rings (SSSR count). The number of benzene rings is 1. The third-order valence-corrected chi connectivity index (χ3v) is 4.00. The van der Waals surface area contributed by atoms with Crippen molar-refractivity contribution < 1.29 is 10.0 Å². The molecular weight excluding hydrogens is 366 g/mol. The Morgan fingerprint density at radius 3 is 3.00 bits per heavy atom. The Morgan fingerprint density at radius 2 is 2.30 bits per heavy atom. The lowest BCUT2D eigenvalue weighted by Gasteiger charge is -2.04. The number of nitrogens with zero attached hydrogens (tertiary/aromatic N) is 2. The summed E-state index contributed by atoms with van der Waals surface area (Å²) in [6.45, 7) is 1.62. The molecule has 0 aliphatic heterocycles. The molecule has 2 aromatic rings. The van der Waals surface area contributed by atoms with Crippen molar-refractivity contribution in [2.45, 2.75) is 6.92 Å². The van der Waals surface area contributed by atoms with Crippen LogP contribution in [0.3, 0.4) is 0 Å². The molecule has 2 N–H and O–H groups in total. The van der Waals surface area contributed by atoms with Gasteiger partial charge in [0.05, 0.1) is 10.6 Å². The highest BCUT2D eigenvalue weighted by molar-refractivity contribution is 9.10. The molecule has 5 nitrogen and oxygen atoms in total. The summed E-state index contributed by atoms with van der Waals surface area (Å²) in [4.78, 5) is 16.2. The highest BCUT2D eigenvalue weighted by Gasteiger charge is 2.13. The number of carbonyl (C=O) groups is 1. The molecule has 0 saturated carbocycles. The molecule has 0 saturated heterocycles. The van der Waals surface area contributed by atoms with Crippen LogP contribution in [-0.2, 0) is 0 Å². The quantitative estimate of drug-likeness (QED) is 0.484. The van der Waals surface area contributed by atoms with E-state index in [-0.39, 0.29) is 5.91 Å². The van der Waals surface area contributed by atoms with E-state index in [2.05, 4.69) is 31.4 Å². The maximum Gasteiger partial charge on any atom is 0.258 e. The first-order chi connectivity index (χ1) is 9.51. The molecule has 104 valence electrons. The summed E-state index contributed by atoms with van der Waals surface area (Å²) < 4.78 is 0.759. The number of oxime groups is 1. The van der Waals surface area contributed by atoms with Gasteiger partial charge in [0.25, 0.3) is 5.91 Å². The van der Waals surface area contributed by atoms with Crippen molar-refractivity contribution in [3.63, 3.8) is 0 Å². The molecule has 0 aliphatic carbocycles. The van der Waals surface area contributed by atoms with E-state index in [1.165, 1.54) is 11.3 Å². The lowest BCUT2D eigenvalue weighted by Crippen LogP contribution is -2.12. The summed E-state index contributed by atoms with van der Waals surface area (Å²) in [5.74, 6) is -0.351. The summed E-state index contributed by atoms with van der Waals surface area (Å²) in [6.07, 6.45) is 0. The summed E-state index contributed by atoms with van der Waals surface area (Å²) in [5, 5.41) is 16.8. The first-order valence-electron chi connectivity index (χ1n) is 5.42. The molecule has 8 heteroatoms. The van der Waals surface area contributed by atoms with E-state index in [0.29, 0.717) is 27.1 Å². The lowest BCUT2D eigenvalue weighted by molar-refractivity contribution is 0.102. The van der Waals surface area contributed by atoms with Crippen molar-refractivity contribution in [2.75, 3.05) is 5.32 Å². The number of thiazole rings is 1. The Kier molecular flexibility index (Phi) is 4.74. The Balaban J connectivity index is 2.19. The number of amides is 1. The molecule has 0 radical (unpaired) electrons. The predicted octanol–water partition coefficient (Wildman–Crippen LogP) is 4.01. The molecule has 0 bridgehead atoms. The van der Waals surface area contributed by atoms with Crippen LogP contribution in [0.5, 0.6) is 0 Å². The van der Waals surface area contributed by atoms with Gasteiger partial charge in [0.2, 0.25) is 0 Å². The summed E-state index contributed by atoms with van der Waals surface area (Å²) in [7, 11) is 0. The van der Waals surface area contributed by atoms with Gasteiger partial charge in [-0.1, -0.05) is 32.7 Å². The first-order valence-corrected chi connectivity index (χ1v) is 7.47. The van der Waals surface area contributed by atoms with Crippen LogP contribution >= 0.6 is 38.9 Å². The molecule has 1 aromatic carbocycles. The second-order valence-corrected chi connectivity index (χ2v) is 5.98. The fourth-order valence-electron chi connectivity index (χ4n) is 1.38. The number of hydrogen-bond acceptors (Lipinski definition) is 5. The maximum absolute atomic E-state index is 12.1. The molecule has 1 amide bonds. The zero-order valence-corrected chi connectivity index (χ0v) is 13.4. The lowest BCUT2D eigenvalue weighted by atomic mass is 10.2. The summed E-state index contributed by atoms with van der Waals surface area (Å²) in [6, 6.07) is 5.02. The maximum atomic E-state index is 12.1. The van der Waals surface area contributed by atoms with Gasteiger partial charge in [-0.3, -0.25) is 10.1 Å². The van der Waals surface area contributed by atoms with E-state index < -0.39 is 0 Å². The first kappa shape index (κ1) is 15.0. The molecule has 0 fully saturated rings.